The Morgan fingerprint density at radius 3 is 2.83 bits per heavy atom. The largest absolute Gasteiger partial charge is 0.443 e. The molecule has 0 bridgehead atoms. The Balaban J connectivity index is 2.53. The molecule has 0 atom stereocenters. The third-order valence-electron chi connectivity index (χ3n) is 1.04. The summed E-state index contributed by atoms with van der Waals surface area (Å²) in [6.45, 7) is 0.0134. The van der Waals surface area contributed by atoms with Gasteiger partial charge in [0.25, 0.3) is 0 Å². The molecule has 64 valence electrons. The number of nitrogens with zero attached hydrogens (tertiary/aromatic N) is 2. The summed E-state index contributed by atoms with van der Waals surface area (Å²) in [5.74, 6) is 0. The molecule has 0 unspecified atom stereocenters. The zero-order valence-electron chi connectivity index (χ0n) is 6.03. The van der Waals surface area contributed by atoms with E-state index < -0.39 is 6.09 Å². The lowest BCUT2D eigenvalue weighted by Gasteiger charge is -1.99. The van der Waals surface area contributed by atoms with Gasteiger partial charge in [-0.15, -0.1) is 0 Å². The minimum atomic E-state index is -0.841. The molecule has 1 rings (SSSR count). The van der Waals surface area contributed by atoms with Crippen molar-refractivity contribution in [3.63, 3.8) is 0 Å². The Bertz CT molecular complexity index is 275. The van der Waals surface area contributed by atoms with Crippen molar-refractivity contribution in [1.29, 1.82) is 0 Å². The standard InChI is InChI=1S/C6H6ClN3O2/c7-5-2-9-4(1-10-5)3-12-6(8)11/h1-2H,3H2,(H2,8,11). The van der Waals surface area contributed by atoms with Crippen molar-refractivity contribution in [2.24, 2.45) is 5.73 Å². The van der Waals surface area contributed by atoms with E-state index in [1.807, 2.05) is 0 Å². The molecule has 2 N–H and O–H groups in total. The minimum Gasteiger partial charge on any atom is -0.443 e. The highest BCUT2D eigenvalue weighted by Crippen LogP contribution is 2.01. The maximum Gasteiger partial charge on any atom is 0.404 e. The zero-order valence-corrected chi connectivity index (χ0v) is 6.78. The molecule has 0 saturated heterocycles. The average molecular weight is 188 g/mol. The summed E-state index contributed by atoms with van der Waals surface area (Å²) in [5, 5.41) is 0.290. The van der Waals surface area contributed by atoms with Crippen molar-refractivity contribution in [1.82, 2.24) is 9.97 Å². The molecule has 5 nitrogen and oxygen atoms in total. The van der Waals surface area contributed by atoms with Crippen LogP contribution in [0.3, 0.4) is 0 Å². The van der Waals surface area contributed by atoms with Gasteiger partial charge in [0.05, 0.1) is 18.1 Å². The monoisotopic (exact) mass is 187 g/mol. The smallest absolute Gasteiger partial charge is 0.404 e. The SMILES string of the molecule is NC(=O)OCc1cnc(Cl)cn1. The predicted molar refractivity (Wildman–Crippen MR) is 41.4 cm³/mol. The van der Waals surface area contributed by atoms with Crippen LogP contribution in [0.1, 0.15) is 5.69 Å². The van der Waals surface area contributed by atoms with Crippen molar-refractivity contribution in [3.8, 4) is 0 Å². The molecule has 0 spiro atoms. The first-order valence-corrected chi connectivity index (χ1v) is 3.45. The van der Waals surface area contributed by atoms with Crippen molar-refractivity contribution in [3.05, 3.63) is 23.2 Å². The summed E-state index contributed by atoms with van der Waals surface area (Å²) in [6, 6.07) is 0. The molecule has 6 heteroatoms. The van der Waals surface area contributed by atoms with Crippen molar-refractivity contribution in [2.45, 2.75) is 6.61 Å². The number of hydrogen-bond donors (Lipinski definition) is 1. The highest BCUT2D eigenvalue weighted by atomic mass is 35.5. The van der Waals surface area contributed by atoms with E-state index in [1.165, 1.54) is 12.4 Å². The van der Waals surface area contributed by atoms with Gasteiger partial charge in [-0.2, -0.15) is 0 Å². The van der Waals surface area contributed by atoms with Crippen LogP contribution in [0.15, 0.2) is 12.4 Å². The van der Waals surface area contributed by atoms with Crippen molar-refractivity contribution in [2.75, 3.05) is 0 Å². The van der Waals surface area contributed by atoms with Crippen LogP contribution in [0.4, 0.5) is 4.79 Å². The maximum absolute atomic E-state index is 10.2. The lowest BCUT2D eigenvalue weighted by Crippen LogP contribution is -2.13. The average Bonchev–Trinajstić information content (AvgIpc) is 2.03. The maximum atomic E-state index is 10.2. The van der Waals surface area contributed by atoms with E-state index in [0.717, 1.165) is 0 Å². The second-order valence-corrected chi connectivity index (χ2v) is 2.33. The molecule has 0 aliphatic heterocycles. The van der Waals surface area contributed by atoms with Crippen molar-refractivity contribution < 1.29 is 9.53 Å². The summed E-state index contributed by atoms with van der Waals surface area (Å²) < 4.78 is 4.46. The number of amides is 1. The molecule has 1 aromatic rings. The minimum absolute atomic E-state index is 0.0134. The van der Waals surface area contributed by atoms with Gasteiger partial charge in [-0.1, -0.05) is 11.6 Å². The number of hydrogen-bond acceptors (Lipinski definition) is 4. The van der Waals surface area contributed by atoms with Gasteiger partial charge in [-0.25, -0.2) is 9.78 Å². The molecule has 0 saturated carbocycles. The molecule has 0 fully saturated rings. The van der Waals surface area contributed by atoms with E-state index >= 15 is 0 Å². The van der Waals surface area contributed by atoms with Crippen LogP contribution >= 0.6 is 11.6 Å². The third kappa shape index (κ3) is 2.71. The fourth-order valence-electron chi connectivity index (χ4n) is 0.559. The van der Waals surface area contributed by atoms with E-state index in [-0.39, 0.29) is 11.8 Å². The molecule has 1 amide bonds. The number of primary amides is 1. The third-order valence-corrected chi connectivity index (χ3v) is 1.23. The lowest BCUT2D eigenvalue weighted by atomic mass is 10.5. The van der Waals surface area contributed by atoms with E-state index in [0.29, 0.717) is 5.69 Å². The van der Waals surface area contributed by atoms with E-state index in [1.54, 1.807) is 0 Å². The number of nitrogens with two attached hydrogens (primary N) is 1. The van der Waals surface area contributed by atoms with Gasteiger partial charge >= 0.3 is 6.09 Å². The highest BCUT2D eigenvalue weighted by Gasteiger charge is 1.98. The number of carbonyl (C=O) groups excluding carboxylic acids is 1. The molecule has 12 heavy (non-hydrogen) atoms. The first-order valence-electron chi connectivity index (χ1n) is 3.07. The van der Waals surface area contributed by atoms with Gasteiger partial charge < -0.3 is 10.5 Å². The second kappa shape index (κ2) is 3.87. The Labute approximate surface area is 73.5 Å². The quantitative estimate of drug-likeness (QED) is 0.740. The van der Waals surface area contributed by atoms with Crippen LogP contribution in [0.25, 0.3) is 0 Å². The topological polar surface area (TPSA) is 78.1 Å². The molecule has 1 heterocycles. The number of aromatic nitrogens is 2. The number of ether oxygens (including phenoxy) is 1. The predicted octanol–water partition coefficient (Wildman–Crippen LogP) is 0.725. The number of halogens is 1. The summed E-state index contributed by atoms with van der Waals surface area (Å²) in [7, 11) is 0. The number of carbonyl (C=O) groups is 1. The second-order valence-electron chi connectivity index (χ2n) is 1.94. The van der Waals surface area contributed by atoms with Crippen LogP contribution in [0.5, 0.6) is 0 Å². The number of rotatable bonds is 2. The van der Waals surface area contributed by atoms with Crippen LogP contribution in [-0.4, -0.2) is 16.1 Å². The molecule has 0 aliphatic rings. The normalized spacial score (nSPS) is 9.42. The molecule has 0 aliphatic carbocycles. The molecule has 0 aromatic carbocycles. The van der Waals surface area contributed by atoms with Crippen LogP contribution < -0.4 is 5.73 Å². The van der Waals surface area contributed by atoms with Crippen LogP contribution in [-0.2, 0) is 11.3 Å². The molecule has 0 radical (unpaired) electrons. The van der Waals surface area contributed by atoms with E-state index in [2.05, 4.69) is 14.7 Å². The zero-order chi connectivity index (χ0) is 8.97. The summed E-state index contributed by atoms with van der Waals surface area (Å²) in [5.41, 5.74) is 5.23. The van der Waals surface area contributed by atoms with Crippen LogP contribution in [0.2, 0.25) is 5.15 Å². The van der Waals surface area contributed by atoms with Gasteiger partial charge in [0.15, 0.2) is 0 Å². The molecular weight excluding hydrogens is 182 g/mol. The first kappa shape index (κ1) is 8.73. The Kier molecular flexibility index (Phi) is 2.82. The van der Waals surface area contributed by atoms with Crippen molar-refractivity contribution >= 4 is 17.7 Å². The van der Waals surface area contributed by atoms with Gasteiger partial charge in [0, 0.05) is 0 Å². The molecular formula is C6H6ClN3O2. The van der Waals surface area contributed by atoms with Gasteiger partial charge in [0.2, 0.25) is 0 Å². The van der Waals surface area contributed by atoms with E-state index in [9.17, 15) is 4.79 Å². The fraction of sp³-hybridized carbons (Fsp3) is 0.167. The van der Waals surface area contributed by atoms with Gasteiger partial charge in [0.1, 0.15) is 11.8 Å². The lowest BCUT2D eigenvalue weighted by molar-refractivity contribution is 0.148. The van der Waals surface area contributed by atoms with E-state index in [4.69, 9.17) is 17.3 Å². The first-order chi connectivity index (χ1) is 5.68. The highest BCUT2D eigenvalue weighted by molar-refractivity contribution is 6.29. The Morgan fingerprint density at radius 1 is 1.58 bits per heavy atom. The van der Waals surface area contributed by atoms with Gasteiger partial charge in [-0.3, -0.25) is 4.98 Å². The summed E-state index contributed by atoms with van der Waals surface area (Å²) in [4.78, 5) is 17.7. The summed E-state index contributed by atoms with van der Waals surface area (Å²) >= 11 is 5.47. The van der Waals surface area contributed by atoms with Crippen LogP contribution in [0, 0.1) is 0 Å². The Hall–Kier alpha value is -1.36. The Morgan fingerprint density at radius 2 is 2.33 bits per heavy atom. The van der Waals surface area contributed by atoms with Gasteiger partial charge in [-0.05, 0) is 0 Å². The fourth-order valence-corrected chi connectivity index (χ4v) is 0.656. The molecule has 1 aromatic heterocycles. The summed E-state index contributed by atoms with van der Waals surface area (Å²) in [6.07, 6.45) is 1.93.